The molecule has 3 nitrogen and oxygen atoms in total. The number of fused-ring (bicyclic) bond motifs is 1. The van der Waals surface area contributed by atoms with Crippen LogP contribution in [0.3, 0.4) is 0 Å². The van der Waals surface area contributed by atoms with Gasteiger partial charge < -0.3 is 14.8 Å². The summed E-state index contributed by atoms with van der Waals surface area (Å²) in [6, 6.07) is 8.16. The maximum absolute atomic E-state index is 5.94. The SMILES string of the molecule is COc1cc2c(cc1CNCc1ccc(Cl)s1)OC(C)C2. The molecule has 2 heterocycles. The predicted octanol–water partition coefficient (Wildman–Crippen LogP) is 4.02. The van der Waals surface area contributed by atoms with Crippen molar-refractivity contribution in [3.05, 3.63) is 44.6 Å². The van der Waals surface area contributed by atoms with Gasteiger partial charge in [0.15, 0.2) is 0 Å². The van der Waals surface area contributed by atoms with Gasteiger partial charge in [-0.15, -0.1) is 11.3 Å². The highest BCUT2D eigenvalue weighted by Gasteiger charge is 2.21. The molecule has 0 saturated carbocycles. The van der Waals surface area contributed by atoms with Gasteiger partial charge in [-0.05, 0) is 31.2 Å². The summed E-state index contributed by atoms with van der Waals surface area (Å²) in [5, 5.41) is 3.42. The van der Waals surface area contributed by atoms with Crippen molar-refractivity contribution in [2.24, 2.45) is 0 Å². The predicted molar refractivity (Wildman–Crippen MR) is 86.7 cm³/mol. The van der Waals surface area contributed by atoms with Crippen molar-refractivity contribution in [1.29, 1.82) is 0 Å². The van der Waals surface area contributed by atoms with Crippen LogP contribution in [-0.4, -0.2) is 13.2 Å². The smallest absolute Gasteiger partial charge is 0.123 e. The minimum absolute atomic E-state index is 0.251. The van der Waals surface area contributed by atoms with E-state index in [1.807, 2.05) is 12.1 Å². The third-order valence-electron chi connectivity index (χ3n) is 3.54. The van der Waals surface area contributed by atoms with Crippen molar-refractivity contribution < 1.29 is 9.47 Å². The fourth-order valence-electron chi connectivity index (χ4n) is 2.58. The van der Waals surface area contributed by atoms with E-state index in [-0.39, 0.29) is 6.10 Å². The molecule has 0 bridgehead atoms. The van der Waals surface area contributed by atoms with Crippen LogP contribution in [0.5, 0.6) is 11.5 Å². The molecule has 1 aromatic carbocycles. The average molecular weight is 324 g/mol. The highest BCUT2D eigenvalue weighted by atomic mass is 35.5. The second-order valence-electron chi connectivity index (χ2n) is 5.21. The van der Waals surface area contributed by atoms with Gasteiger partial charge in [0.1, 0.15) is 17.6 Å². The van der Waals surface area contributed by atoms with Gasteiger partial charge in [-0.1, -0.05) is 11.6 Å². The lowest BCUT2D eigenvalue weighted by Gasteiger charge is -2.11. The van der Waals surface area contributed by atoms with Crippen LogP contribution in [-0.2, 0) is 19.5 Å². The molecule has 0 radical (unpaired) electrons. The number of thiophene rings is 1. The van der Waals surface area contributed by atoms with Crippen LogP contribution in [0.25, 0.3) is 0 Å². The lowest BCUT2D eigenvalue weighted by Crippen LogP contribution is -2.12. The van der Waals surface area contributed by atoms with E-state index in [4.69, 9.17) is 21.1 Å². The van der Waals surface area contributed by atoms with Crippen LogP contribution in [0.1, 0.15) is 22.9 Å². The first-order chi connectivity index (χ1) is 10.2. The molecule has 5 heteroatoms. The van der Waals surface area contributed by atoms with Gasteiger partial charge in [-0.2, -0.15) is 0 Å². The molecule has 1 aliphatic heterocycles. The summed E-state index contributed by atoms with van der Waals surface area (Å²) in [4.78, 5) is 1.23. The van der Waals surface area contributed by atoms with Crippen molar-refractivity contribution in [3.8, 4) is 11.5 Å². The number of methoxy groups -OCH3 is 1. The molecule has 1 atom stereocenters. The first-order valence-corrected chi connectivity index (χ1v) is 8.16. The van der Waals surface area contributed by atoms with Gasteiger partial charge in [0, 0.05) is 35.5 Å². The van der Waals surface area contributed by atoms with Gasteiger partial charge in [0.2, 0.25) is 0 Å². The Labute approximate surface area is 133 Å². The van der Waals surface area contributed by atoms with Crippen LogP contribution < -0.4 is 14.8 Å². The van der Waals surface area contributed by atoms with Crippen LogP contribution >= 0.6 is 22.9 Å². The number of nitrogens with one attached hydrogen (secondary N) is 1. The summed E-state index contributed by atoms with van der Waals surface area (Å²) < 4.78 is 12.1. The zero-order chi connectivity index (χ0) is 14.8. The Morgan fingerprint density at radius 3 is 2.95 bits per heavy atom. The monoisotopic (exact) mass is 323 g/mol. The summed E-state index contributed by atoms with van der Waals surface area (Å²) in [5.74, 6) is 1.91. The molecule has 112 valence electrons. The van der Waals surface area contributed by atoms with Crippen LogP contribution in [0.2, 0.25) is 4.34 Å². The molecule has 21 heavy (non-hydrogen) atoms. The minimum Gasteiger partial charge on any atom is -0.496 e. The maximum atomic E-state index is 5.94. The van der Waals surface area contributed by atoms with Gasteiger partial charge >= 0.3 is 0 Å². The summed E-state index contributed by atoms with van der Waals surface area (Å²) in [5.41, 5.74) is 2.35. The topological polar surface area (TPSA) is 30.5 Å². The van der Waals surface area contributed by atoms with Crippen LogP contribution in [0.15, 0.2) is 24.3 Å². The molecular weight excluding hydrogens is 306 g/mol. The standard InChI is InChI=1S/C16H18ClNO2S/c1-10-5-11-6-14(19-2)12(7-15(11)20-10)8-18-9-13-3-4-16(17)21-13/h3-4,6-7,10,18H,5,8-9H2,1-2H3. The Morgan fingerprint density at radius 2 is 2.24 bits per heavy atom. The zero-order valence-corrected chi connectivity index (χ0v) is 13.7. The van der Waals surface area contributed by atoms with E-state index in [1.165, 1.54) is 10.4 Å². The molecule has 0 spiro atoms. The maximum Gasteiger partial charge on any atom is 0.123 e. The van der Waals surface area contributed by atoms with Gasteiger partial charge in [0.05, 0.1) is 11.4 Å². The number of hydrogen-bond donors (Lipinski definition) is 1. The van der Waals surface area contributed by atoms with Crippen molar-refractivity contribution in [1.82, 2.24) is 5.32 Å². The normalized spacial score (nSPS) is 16.6. The molecule has 0 saturated heterocycles. The van der Waals surface area contributed by atoms with Crippen molar-refractivity contribution in [2.75, 3.05) is 7.11 Å². The fraction of sp³-hybridized carbons (Fsp3) is 0.375. The summed E-state index contributed by atoms with van der Waals surface area (Å²) in [7, 11) is 1.71. The highest BCUT2D eigenvalue weighted by molar-refractivity contribution is 7.16. The minimum atomic E-state index is 0.251. The van der Waals surface area contributed by atoms with E-state index in [0.717, 1.165) is 40.9 Å². The van der Waals surface area contributed by atoms with Crippen LogP contribution in [0, 0.1) is 0 Å². The Morgan fingerprint density at radius 1 is 1.38 bits per heavy atom. The molecule has 1 aliphatic rings. The van der Waals surface area contributed by atoms with E-state index in [2.05, 4.69) is 24.4 Å². The van der Waals surface area contributed by atoms with Crippen molar-refractivity contribution in [3.63, 3.8) is 0 Å². The second kappa shape index (κ2) is 6.26. The Kier molecular flexibility index (Phi) is 4.38. The van der Waals surface area contributed by atoms with E-state index < -0.39 is 0 Å². The number of benzene rings is 1. The quantitative estimate of drug-likeness (QED) is 0.901. The summed E-state index contributed by atoms with van der Waals surface area (Å²) in [6.07, 6.45) is 1.20. The summed E-state index contributed by atoms with van der Waals surface area (Å²) >= 11 is 7.54. The number of ether oxygens (including phenoxy) is 2. The number of halogens is 1. The Hall–Kier alpha value is -1.23. The number of hydrogen-bond acceptors (Lipinski definition) is 4. The average Bonchev–Trinajstić information content (AvgIpc) is 3.02. The highest BCUT2D eigenvalue weighted by Crippen LogP contribution is 2.35. The molecule has 1 unspecified atom stereocenters. The molecule has 0 aliphatic carbocycles. The molecule has 0 amide bonds. The first kappa shape index (κ1) is 14.7. The number of rotatable bonds is 5. The van der Waals surface area contributed by atoms with Crippen molar-refractivity contribution in [2.45, 2.75) is 32.5 Å². The van der Waals surface area contributed by atoms with Gasteiger partial charge in [0.25, 0.3) is 0 Å². The van der Waals surface area contributed by atoms with Gasteiger partial charge in [-0.3, -0.25) is 0 Å². The molecule has 1 aromatic heterocycles. The Bertz CT molecular complexity index is 641. The lowest BCUT2D eigenvalue weighted by molar-refractivity contribution is 0.254. The largest absolute Gasteiger partial charge is 0.496 e. The fourth-order valence-corrected chi connectivity index (χ4v) is 3.63. The van der Waals surface area contributed by atoms with Crippen molar-refractivity contribution >= 4 is 22.9 Å². The van der Waals surface area contributed by atoms with E-state index in [1.54, 1.807) is 18.4 Å². The third kappa shape index (κ3) is 3.34. The van der Waals surface area contributed by atoms with E-state index in [0.29, 0.717) is 0 Å². The molecular formula is C16H18ClNO2S. The molecule has 3 rings (SSSR count). The Balaban J connectivity index is 1.68. The molecule has 0 fully saturated rings. The van der Waals surface area contributed by atoms with Gasteiger partial charge in [-0.25, -0.2) is 0 Å². The molecule has 1 N–H and O–H groups in total. The lowest BCUT2D eigenvalue weighted by atomic mass is 10.1. The first-order valence-electron chi connectivity index (χ1n) is 6.97. The summed E-state index contributed by atoms with van der Waals surface area (Å²) in [6.45, 7) is 3.63. The molecule has 2 aromatic rings. The zero-order valence-electron chi connectivity index (χ0n) is 12.1. The van der Waals surface area contributed by atoms with E-state index in [9.17, 15) is 0 Å². The van der Waals surface area contributed by atoms with E-state index >= 15 is 0 Å². The third-order valence-corrected chi connectivity index (χ3v) is 4.77. The second-order valence-corrected chi connectivity index (χ2v) is 7.01. The van der Waals surface area contributed by atoms with Crippen LogP contribution in [0.4, 0.5) is 0 Å².